The predicted molar refractivity (Wildman–Crippen MR) is 76.8 cm³/mol. The number of morpholine rings is 1. The second kappa shape index (κ2) is 6.71. The molecule has 0 spiro atoms. The Balaban J connectivity index is 1.75. The Kier molecular flexibility index (Phi) is 4.97. The summed E-state index contributed by atoms with van der Waals surface area (Å²) in [5, 5.41) is 9.87. The van der Waals surface area contributed by atoms with E-state index in [-0.39, 0.29) is 6.03 Å². The highest BCUT2D eigenvalue weighted by molar-refractivity contribution is 5.88. The van der Waals surface area contributed by atoms with Gasteiger partial charge in [0.15, 0.2) is 0 Å². The molecule has 2 amide bonds. The van der Waals surface area contributed by atoms with Crippen LogP contribution in [0.1, 0.15) is 12.6 Å². The zero-order valence-corrected chi connectivity index (χ0v) is 12.3. The fraction of sp³-hybridized carbons (Fsp3) is 0.692. The Morgan fingerprint density at radius 2 is 2.20 bits per heavy atom. The topological polar surface area (TPSA) is 71.4 Å². The van der Waals surface area contributed by atoms with Gasteiger partial charge in [0, 0.05) is 38.8 Å². The van der Waals surface area contributed by atoms with E-state index < -0.39 is 0 Å². The average molecular weight is 281 g/mol. The molecule has 0 bridgehead atoms. The number of aryl methyl sites for hydroxylation is 2. The molecule has 20 heavy (non-hydrogen) atoms. The van der Waals surface area contributed by atoms with Gasteiger partial charge in [-0.1, -0.05) is 0 Å². The summed E-state index contributed by atoms with van der Waals surface area (Å²) in [6, 6.07) is 1.94. The Labute approximate surface area is 119 Å². The van der Waals surface area contributed by atoms with Crippen LogP contribution in [-0.4, -0.2) is 59.6 Å². The molecule has 2 N–H and O–H groups in total. The van der Waals surface area contributed by atoms with E-state index in [9.17, 15) is 4.79 Å². The first-order chi connectivity index (χ1) is 9.56. The van der Waals surface area contributed by atoms with E-state index >= 15 is 0 Å². The molecule has 1 aromatic heterocycles. The van der Waals surface area contributed by atoms with Crippen LogP contribution in [0.2, 0.25) is 0 Å². The van der Waals surface area contributed by atoms with Crippen LogP contribution in [0.4, 0.5) is 10.6 Å². The first-order valence-electron chi connectivity index (χ1n) is 6.93. The highest BCUT2D eigenvalue weighted by Gasteiger charge is 2.17. The van der Waals surface area contributed by atoms with Crippen LogP contribution in [0.25, 0.3) is 0 Å². The van der Waals surface area contributed by atoms with E-state index in [2.05, 4.69) is 27.6 Å². The number of amides is 2. The summed E-state index contributed by atoms with van der Waals surface area (Å²) in [5.41, 5.74) is 0.879. The van der Waals surface area contributed by atoms with Gasteiger partial charge >= 0.3 is 6.03 Å². The largest absolute Gasteiger partial charge is 0.379 e. The highest BCUT2D eigenvalue weighted by Crippen LogP contribution is 2.07. The molecule has 0 saturated carbocycles. The van der Waals surface area contributed by atoms with Crippen LogP contribution in [0, 0.1) is 6.92 Å². The van der Waals surface area contributed by atoms with Gasteiger partial charge < -0.3 is 10.1 Å². The first-order valence-corrected chi connectivity index (χ1v) is 6.93. The molecule has 1 saturated heterocycles. The van der Waals surface area contributed by atoms with Crippen molar-refractivity contribution < 1.29 is 9.53 Å². The van der Waals surface area contributed by atoms with Crippen LogP contribution < -0.4 is 10.6 Å². The normalized spacial score (nSPS) is 17.8. The van der Waals surface area contributed by atoms with Crippen molar-refractivity contribution in [3.05, 3.63) is 11.8 Å². The summed E-state index contributed by atoms with van der Waals surface area (Å²) in [6.45, 7) is 8.00. The molecule has 112 valence electrons. The molecule has 0 radical (unpaired) electrons. The van der Waals surface area contributed by atoms with Gasteiger partial charge in [-0.2, -0.15) is 5.10 Å². The van der Waals surface area contributed by atoms with E-state index in [1.54, 1.807) is 11.7 Å². The maximum absolute atomic E-state index is 11.9. The third-order valence-corrected chi connectivity index (χ3v) is 3.47. The minimum absolute atomic E-state index is 0.201. The van der Waals surface area contributed by atoms with E-state index in [0.29, 0.717) is 18.4 Å². The van der Waals surface area contributed by atoms with Crippen LogP contribution in [0.5, 0.6) is 0 Å². The van der Waals surface area contributed by atoms with Crippen molar-refractivity contribution in [2.24, 2.45) is 7.05 Å². The smallest absolute Gasteiger partial charge is 0.320 e. The van der Waals surface area contributed by atoms with Crippen LogP contribution in [0.15, 0.2) is 6.07 Å². The van der Waals surface area contributed by atoms with Crippen LogP contribution >= 0.6 is 0 Å². The zero-order chi connectivity index (χ0) is 14.5. The van der Waals surface area contributed by atoms with Gasteiger partial charge in [0.1, 0.15) is 5.82 Å². The molecule has 7 nitrogen and oxygen atoms in total. The molecule has 2 heterocycles. The molecular weight excluding hydrogens is 258 g/mol. The third-order valence-electron chi connectivity index (χ3n) is 3.47. The number of hydrogen-bond acceptors (Lipinski definition) is 4. The molecular formula is C13H23N5O2. The number of anilines is 1. The summed E-state index contributed by atoms with van der Waals surface area (Å²) in [6.07, 6.45) is 0. The summed E-state index contributed by atoms with van der Waals surface area (Å²) in [4.78, 5) is 14.2. The second-order valence-electron chi connectivity index (χ2n) is 5.13. The van der Waals surface area contributed by atoms with Crippen molar-refractivity contribution >= 4 is 11.8 Å². The molecule has 0 aromatic carbocycles. The molecule has 1 aliphatic rings. The Hall–Kier alpha value is -1.60. The van der Waals surface area contributed by atoms with Gasteiger partial charge in [0.05, 0.1) is 18.9 Å². The minimum atomic E-state index is -0.201. The Morgan fingerprint density at radius 1 is 1.50 bits per heavy atom. The monoisotopic (exact) mass is 281 g/mol. The number of carbonyl (C=O) groups excluding carboxylic acids is 1. The summed E-state index contributed by atoms with van der Waals surface area (Å²) in [5.74, 6) is 0.694. The zero-order valence-electron chi connectivity index (χ0n) is 12.3. The molecule has 1 atom stereocenters. The quantitative estimate of drug-likeness (QED) is 0.846. The lowest BCUT2D eigenvalue weighted by molar-refractivity contribution is 0.0209. The van der Waals surface area contributed by atoms with E-state index in [0.717, 1.165) is 32.0 Å². The number of nitrogens with one attached hydrogen (secondary N) is 2. The standard InChI is InChI=1S/C13H23N5O2/c1-10-8-12(17(3)16-10)15-13(19)14-9-11(2)18-4-6-20-7-5-18/h8,11H,4-7,9H2,1-3H3,(H2,14,15,19). The van der Waals surface area contributed by atoms with Gasteiger partial charge in [0.25, 0.3) is 0 Å². The van der Waals surface area contributed by atoms with Gasteiger partial charge in [-0.15, -0.1) is 0 Å². The lowest BCUT2D eigenvalue weighted by Gasteiger charge is -2.32. The predicted octanol–water partition coefficient (Wildman–Crippen LogP) is 0.571. The van der Waals surface area contributed by atoms with E-state index in [1.165, 1.54) is 0 Å². The van der Waals surface area contributed by atoms with Crippen molar-refractivity contribution in [3.8, 4) is 0 Å². The molecule has 0 aliphatic carbocycles. The average Bonchev–Trinajstić information content (AvgIpc) is 2.75. The molecule has 1 fully saturated rings. The second-order valence-corrected chi connectivity index (χ2v) is 5.13. The third kappa shape index (κ3) is 3.94. The van der Waals surface area contributed by atoms with Crippen molar-refractivity contribution in [1.29, 1.82) is 0 Å². The SMILES string of the molecule is Cc1cc(NC(=O)NCC(C)N2CCOCC2)n(C)n1. The van der Waals surface area contributed by atoms with Crippen LogP contribution in [-0.2, 0) is 11.8 Å². The van der Waals surface area contributed by atoms with Crippen molar-refractivity contribution in [1.82, 2.24) is 20.0 Å². The van der Waals surface area contributed by atoms with Crippen molar-refractivity contribution in [3.63, 3.8) is 0 Å². The van der Waals surface area contributed by atoms with E-state index in [4.69, 9.17) is 4.74 Å². The van der Waals surface area contributed by atoms with Gasteiger partial charge in [0.2, 0.25) is 0 Å². The van der Waals surface area contributed by atoms with Crippen molar-refractivity contribution in [2.75, 3.05) is 38.2 Å². The highest BCUT2D eigenvalue weighted by atomic mass is 16.5. The number of hydrogen-bond donors (Lipinski definition) is 2. The fourth-order valence-electron chi connectivity index (χ4n) is 2.28. The number of urea groups is 1. The maximum atomic E-state index is 11.9. The molecule has 1 aromatic rings. The fourth-order valence-corrected chi connectivity index (χ4v) is 2.28. The number of aromatic nitrogens is 2. The van der Waals surface area contributed by atoms with Gasteiger partial charge in [-0.3, -0.25) is 14.9 Å². The lowest BCUT2D eigenvalue weighted by Crippen LogP contribution is -2.47. The number of ether oxygens (including phenoxy) is 1. The number of rotatable bonds is 4. The molecule has 1 aliphatic heterocycles. The number of carbonyl (C=O) groups is 1. The summed E-state index contributed by atoms with van der Waals surface area (Å²) < 4.78 is 6.97. The summed E-state index contributed by atoms with van der Waals surface area (Å²) in [7, 11) is 1.80. The lowest BCUT2D eigenvalue weighted by atomic mass is 10.2. The van der Waals surface area contributed by atoms with E-state index in [1.807, 2.05) is 13.0 Å². The Morgan fingerprint density at radius 3 is 2.80 bits per heavy atom. The number of nitrogens with zero attached hydrogens (tertiary/aromatic N) is 3. The maximum Gasteiger partial charge on any atom is 0.320 e. The Bertz CT molecular complexity index is 454. The first kappa shape index (κ1) is 14.8. The summed E-state index contributed by atoms with van der Waals surface area (Å²) >= 11 is 0. The molecule has 1 unspecified atom stereocenters. The molecule has 2 rings (SSSR count). The van der Waals surface area contributed by atoms with Gasteiger partial charge in [-0.05, 0) is 13.8 Å². The molecule has 7 heteroatoms. The van der Waals surface area contributed by atoms with Crippen LogP contribution in [0.3, 0.4) is 0 Å². The van der Waals surface area contributed by atoms with Gasteiger partial charge in [-0.25, -0.2) is 4.79 Å². The minimum Gasteiger partial charge on any atom is -0.379 e. The van der Waals surface area contributed by atoms with Crippen molar-refractivity contribution in [2.45, 2.75) is 19.9 Å².